The number of unbranched alkanes of at least 4 members (excludes halogenated alkanes) is 1. The van der Waals surface area contributed by atoms with Crippen LogP contribution in [0.5, 0.6) is 0 Å². The fraction of sp³-hybridized carbons (Fsp3) is 0.292. The molecule has 2 aromatic carbocycles. The molecule has 31 heavy (non-hydrogen) atoms. The number of hydroxylamine groups is 1. The monoisotopic (exact) mass is 441 g/mol. The fourth-order valence-corrected chi connectivity index (χ4v) is 3.96. The van der Waals surface area contributed by atoms with Gasteiger partial charge in [0.05, 0.1) is 6.61 Å². The number of para-hydroxylation sites is 1. The number of hydrogen-bond acceptors (Lipinski definition) is 4. The van der Waals surface area contributed by atoms with Crippen LogP contribution < -0.4 is 5.48 Å². The number of benzene rings is 2. The van der Waals surface area contributed by atoms with Crippen LogP contribution in [0.25, 0.3) is 17.0 Å². The number of aromatic amines is 1. The maximum absolute atomic E-state index is 11.1. The van der Waals surface area contributed by atoms with Crippen molar-refractivity contribution in [3.05, 3.63) is 76.5 Å². The third-order valence-corrected chi connectivity index (χ3v) is 5.57. The Bertz CT molecular complexity index is 1010. The molecule has 3 rings (SSSR count). The number of halogens is 1. The average molecular weight is 442 g/mol. The number of carbonyl (C=O) groups excluding carboxylic acids is 1. The highest BCUT2D eigenvalue weighted by atomic mass is 35.5. The molecule has 0 aliphatic carbocycles. The Morgan fingerprint density at radius 3 is 2.61 bits per heavy atom. The predicted octanol–water partition coefficient (Wildman–Crippen LogP) is 4.16. The van der Waals surface area contributed by atoms with Gasteiger partial charge >= 0.3 is 0 Å². The van der Waals surface area contributed by atoms with Crippen LogP contribution in [0.3, 0.4) is 0 Å². The molecule has 6 nitrogen and oxygen atoms in total. The second-order valence-corrected chi connectivity index (χ2v) is 7.85. The van der Waals surface area contributed by atoms with Gasteiger partial charge in [0.25, 0.3) is 5.91 Å². The van der Waals surface area contributed by atoms with E-state index in [-0.39, 0.29) is 6.61 Å². The molecular formula is C24H28ClN3O3. The normalized spacial score (nSPS) is 11.6. The lowest BCUT2D eigenvalue weighted by molar-refractivity contribution is -0.124. The lowest BCUT2D eigenvalue weighted by atomic mass is 10.1. The van der Waals surface area contributed by atoms with Gasteiger partial charge in [0.2, 0.25) is 0 Å². The number of rotatable bonds is 11. The Kier molecular flexibility index (Phi) is 8.67. The molecule has 1 amide bonds. The Labute approximate surface area is 187 Å². The molecule has 3 aromatic rings. The number of nitrogens with one attached hydrogen (secondary N) is 2. The van der Waals surface area contributed by atoms with Gasteiger partial charge in [-0.3, -0.25) is 14.9 Å². The molecule has 0 aliphatic heterocycles. The zero-order chi connectivity index (χ0) is 22.1. The minimum Gasteiger partial charge on any atom is -0.395 e. The van der Waals surface area contributed by atoms with Crippen LogP contribution in [-0.4, -0.2) is 45.8 Å². The van der Waals surface area contributed by atoms with Crippen LogP contribution in [0.15, 0.2) is 54.6 Å². The van der Waals surface area contributed by atoms with E-state index in [0.29, 0.717) is 6.54 Å². The lowest BCUT2D eigenvalue weighted by Crippen LogP contribution is -2.27. The quantitative estimate of drug-likeness (QED) is 0.156. The highest BCUT2D eigenvalue weighted by Gasteiger charge is 2.10. The van der Waals surface area contributed by atoms with Gasteiger partial charge < -0.3 is 10.1 Å². The molecule has 0 radical (unpaired) electrons. The largest absolute Gasteiger partial charge is 0.395 e. The molecule has 7 heteroatoms. The summed E-state index contributed by atoms with van der Waals surface area (Å²) in [7, 11) is 0. The van der Waals surface area contributed by atoms with E-state index in [1.54, 1.807) is 11.6 Å². The van der Waals surface area contributed by atoms with Crippen LogP contribution in [0.2, 0.25) is 5.15 Å². The topological polar surface area (TPSA) is 88.6 Å². The first-order valence-corrected chi connectivity index (χ1v) is 10.8. The maximum Gasteiger partial charge on any atom is 0.267 e. The number of carbonyl (C=O) groups is 1. The number of hydrogen-bond donors (Lipinski definition) is 4. The van der Waals surface area contributed by atoms with Crippen molar-refractivity contribution in [3.63, 3.8) is 0 Å². The predicted molar refractivity (Wildman–Crippen MR) is 124 cm³/mol. The molecular weight excluding hydrogens is 414 g/mol. The first kappa shape index (κ1) is 23.0. The SMILES string of the molecule is O=C(C=Cc1ccc(CN(CCO)CCCCc2c(Cl)[nH]c3ccccc23)cc1)NO. The van der Waals surface area contributed by atoms with E-state index in [9.17, 15) is 9.90 Å². The minimum atomic E-state index is -0.563. The van der Waals surface area contributed by atoms with E-state index in [2.05, 4.69) is 16.0 Å². The lowest BCUT2D eigenvalue weighted by Gasteiger charge is -2.21. The molecule has 0 saturated carbocycles. The number of fused-ring (bicyclic) bond motifs is 1. The number of H-pyrrole nitrogens is 1. The number of aryl methyl sites for hydroxylation is 1. The van der Waals surface area contributed by atoms with Gasteiger partial charge in [-0.25, -0.2) is 5.48 Å². The van der Waals surface area contributed by atoms with Gasteiger partial charge in [-0.05, 0) is 54.6 Å². The molecule has 1 heterocycles. The summed E-state index contributed by atoms with van der Waals surface area (Å²) in [5.41, 5.74) is 5.81. The van der Waals surface area contributed by atoms with Crippen molar-refractivity contribution >= 4 is 34.5 Å². The third-order valence-electron chi connectivity index (χ3n) is 5.25. The Balaban J connectivity index is 1.51. The van der Waals surface area contributed by atoms with E-state index in [1.807, 2.05) is 42.5 Å². The summed E-state index contributed by atoms with van der Waals surface area (Å²) >= 11 is 6.39. The summed E-state index contributed by atoms with van der Waals surface area (Å²) in [6.45, 7) is 2.37. The molecule has 0 fully saturated rings. The summed E-state index contributed by atoms with van der Waals surface area (Å²) in [6, 6.07) is 16.0. The van der Waals surface area contributed by atoms with Gasteiger partial charge in [-0.1, -0.05) is 54.1 Å². The van der Waals surface area contributed by atoms with Crippen LogP contribution >= 0.6 is 11.6 Å². The Hall–Kier alpha value is -2.64. The van der Waals surface area contributed by atoms with Crippen LogP contribution in [-0.2, 0) is 17.8 Å². The first-order valence-electron chi connectivity index (χ1n) is 10.4. The van der Waals surface area contributed by atoms with Crippen molar-refractivity contribution < 1.29 is 15.1 Å². The number of nitrogens with zero attached hydrogens (tertiary/aromatic N) is 1. The summed E-state index contributed by atoms with van der Waals surface area (Å²) in [5, 5.41) is 19.9. The highest BCUT2D eigenvalue weighted by molar-refractivity contribution is 6.31. The van der Waals surface area contributed by atoms with Gasteiger partial charge in [0.1, 0.15) is 5.15 Å². The van der Waals surface area contributed by atoms with E-state index >= 15 is 0 Å². The van der Waals surface area contributed by atoms with E-state index in [4.69, 9.17) is 16.8 Å². The molecule has 1 aromatic heterocycles. The average Bonchev–Trinajstić information content (AvgIpc) is 3.11. The smallest absolute Gasteiger partial charge is 0.267 e. The fourth-order valence-electron chi connectivity index (χ4n) is 3.66. The van der Waals surface area contributed by atoms with E-state index in [0.717, 1.165) is 54.1 Å². The number of aliphatic hydroxyl groups is 1. The van der Waals surface area contributed by atoms with Gasteiger partial charge in [-0.15, -0.1) is 0 Å². The van der Waals surface area contributed by atoms with Gasteiger partial charge in [0, 0.05) is 30.1 Å². The molecule has 0 atom stereocenters. The molecule has 0 saturated heterocycles. The van der Waals surface area contributed by atoms with Crippen molar-refractivity contribution in [2.24, 2.45) is 0 Å². The second-order valence-electron chi connectivity index (χ2n) is 7.47. The van der Waals surface area contributed by atoms with Gasteiger partial charge in [-0.2, -0.15) is 0 Å². The first-order chi connectivity index (χ1) is 15.1. The maximum atomic E-state index is 11.1. The van der Waals surface area contributed by atoms with Gasteiger partial charge in [0.15, 0.2) is 0 Å². The molecule has 164 valence electrons. The van der Waals surface area contributed by atoms with Crippen molar-refractivity contribution in [2.75, 3.05) is 19.7 Å². The number of aromatic nitrogens is 1. The second kappa shape index (κ2) is 11.7. The van der Waals surface area contributed by atoms with Crippen molar-refractivity contribution in [2.45, 2.75) is 25.8 Å². The van der Waals surface area contributed by atoms with E-state index in [1.165, 1.54) is 17.0 Å². The third kappa shape index (κ3) is 6.67. The van der Waals surface area contributed by atoms with Crippen LogP contribution in [0, 0.1) is 0 Å². The molecule has 4 N–H and O–H groups in total. The zero-order valence-corrected chi connectivity index (χ0v) is 18.1. The molecule has 0 spiro atoms. The highest BCUT2D eigenvalue weighted by Crippen LogP contribution is 2.27. The van der Waals surface area contributed by atoms with Crippen molar-refractivity contribution in [1.82, 2.24) is 15.4 Å². The summed E-state index contributed by atoms with van der Waals surface area (Å²) in [6.07, 6.45) is 5.84. The minimum absolute atomic E-state index is 0.116. The molecule has 0 bridgehead atoms. The number of amides is 1. The molecule has 0 unspecified atom stereocenters. The summed E-state index contributed by atoms with van der Waals surface area (Å²) < 4.78 is 0. The Morgan fingerprint density at radius 2 is 1.87 bits per heavy atom. The number of aliphatic hydroxyl groups excluding tert-OH is 1. The Morgan fingerprint density at radius 1 is 1.10 bits per heavy atom. The molecule has 0 aliphatic rings. The van der Waals surface area contributed by atoms with E-state index < -0.39 is 5.91 Å². The van der Waals surface area contributed by atoms with Crippen LogP contribution in [0.4, 0.5) is 0 Å². The van der Waals surface area contributed by atoms with Crippen molar-refractivity contribution in [3.8, 4) is 0 Å². The summed E-state index contributed by atoms with van der Waals surface area (Å²) in [4.78, 5) is 16.5. The van der Waals surface area contributed by atoms with Crippen molar-refractivity contribution in [1.29, 1.82) is 0 Å². The summed E-state index contributed by atoms with van der Waals surface area (Å²) in [5.74, 6) is -0.563. The van der Waals surface area contributed by atoms with Crippen LogP contribution in [0.1, 0.15) is 29.5 Å². The zero-order valence-electron chi connectivity index (χ0n) is 17.4. The standard InChI is InChI=1S/C24H28ClN3O3/c25-24-21(20-5-1-2-7-22(20)26-24)6-3-4-14-28(15-16-29)17-19-10-8-18(9-11-19)12-13-23(30)27-31/h1-2,5,7-13,26,29,31H,3-4,6,14-17H2,(H,27,30).